The normalized spacial score (nSPS) is 17.8. The zero-order valence-electron chi connectivity index (χ0n) is 22.7. The molecular formula is C30H38N4O4S. The van der Waals surface area contributed by atoms with Gasteiger partial charge >= 0.3 is 0 Å². The molecule has 2 saturated heterocycles. The first kappa shape index (κ1) is 28.6. The molecule has 1 aromatic heterocycles. The largest absolute Gasteiger partial charge is 0.497 e. The van der Waals surface area contributed by atoms with E-state index in [4.69, 9.17) is 19.6 Å². The van der Waals surface area contributed by atoms with Crippen molar-refractivity contribution in [2.45, 2.75) is 32.7 Å². The van der Waals surface area contributed by atoms with Crippen LogP contribution in [0.5, 0.6) is 5.75 Å². The van der Waals surface area contributed by atoms with E-state index in [0.717, 1.165) is 80.7 Å². The van der Waals surface area contributed by atoms with Gasteiger partial charge in [0.2, 0.25) is 5.91 Å². The van der Waals surface area contributed by atoms with Gasteiger partial charge < -0.3 is 20.1 Å². The first-order valence-electron chi connectivity index (χ1n) is 13.5. The Bertz CT molecular complexity index is 1190. The summed E-state index contributed by atoms with van der Waals surface area (Å²) in [4.78, 5) is 30.9. The van der Waals surface area contributed by atoms with Gasteiger partial charge in [0.25, 0.3) is 6.47 Å². The molecule has 2 aliphatic heterocycles. The SMILES string of the molecule is COc1ccc(-c2csc(N3CCC(C(=O)NCC4CCN(Cc5ccc(C)cc5)C4)CC3)n2)cc1.O=CO. The van der Waals surface area contributed by atoms with E-state index in [-0.39, 0.29) is 18.3 Å². The Hall–Kier alpha value is -3.43. The van der Waals surface area contributed by atoms with E-state index in [1.54, 1.807) is 18.4 Å². The summed E-state index contributed by atoms with van der Waals surface area (Å²) in [6, 6.07) is 16.8. The molecule has 8 nitrogen and oxygen atoms in total. The summed E-state index contributed by atoms with van der Waals surface area (Å²) in [5, 5.41) is 13.3. The molecule has 2 N–H and O–H groups in total. The third-order valence-corrected chi connectivity index (χ3v) is 8.38. The Morgan fingerprint density at radius 2 is 1.79 bits per heavy atom. The second kappa shape index (κ2) is 14.1. The maximum Gasteiger partial charge on any atom is 0.290 e. The van der Waals surface area contributed by atoms with Crippen LogP contribution in [0.25, 0.3) is 11.3 Å². The molecule has 3 heterocycles. The van der Waals surface area contributed by atoms with Gasteiger partial charge in [-0.1, -0.05) is 29.8 Å². The molecule has 1 atom stereocenters. The lowest BCUT2D eigenvalue weighted by atomic mass is 9.96. The number of hydrogen-bond donors (Lipinski definition) is 2. The second-order valence-corrected chi connectivity index (χ2v) is 11.1. The third kappa shape index (κ3) is 8.03. The van der Waals surface area contributed by atoms with Crippen LogP contribution in [0, 0.1) is 18.8 Å². The van der Waals surface area contributed by atoms with Crippen molar-refractivity contribution in [2.75, 3.05) is 44.7 Å². The highest BCUT2D eigenvalue weighted by atomic mass is 32.1. The summed E-state index contributed by atoms with van der Waals surface area (Å²) in [7, 11) is 1.68. The lowest BCUT2D eigenvalue weighted by molar-refractivity contribution is -0.126. The Kier molecular flexibility index (Phi) is 10.3. The number of aryl methyl sites for hydroxylation is 1. The highest BCUT2D eigenvalue weighted by Gasteiger charge is 2.28. The van der Waals surface area contributed by atoms with E-state index < -0.39 is 0 Å². The van der Waals surface area contributed by atoms with Crippen LogP contribution in [-0.4, -0.2) is 67.2 Å². The topological polar surface area (TPSA) is 95.0 Å². The number of likely N-dealkylation sites (tertiary alicyclic amines) is 1. The Morgan fingerprint density at radius 3 is 2.46 bits per heavy atom. The lowest BCUT2D eigenvalue weighted by Crippen LogP contribution is -2.42. The Labute approximate surface area is 234 Å². The number of amides is 1. The number of methoxy groups -OCH3 is 1. The van der Waals surface area contributed by atoms with Crippen LogP contribution in [0.3, 0.4) is 0 Å². The fraction of sp³-hybridized carbons (Fsp3) is 0.433. The molecule has 3 aromatic rings. The summed E-state index contributed by atoms with van der Waals surface area (Å²) < 4.78 is 5.25. The zero-order valence-corrected chi connectivity index (χ0v) is 23.5. The number of benzene rings is 2. The fourth-order valence-electron chi connectivity index (χ4n) is 5.20. The Balaban J connectivity index is 0.00000112. The summed E-state index contributed by atoms with van der Waals surface area (Å²) in [5.74, 6) is 1.73. The van der Waals surface area contributed by atoms with Crippen molar-refractivity contribution in [2.24, 2.45) is 11.8 Å². The maximum atomic E-state index is 12.9. The van der Waals surface area contributed by atoms with Crippen molar-refractivity contribution in [3.05, 3.63) is 65.0 Å². The number of carbonyl (C=O) groups excluding carboxylic acids is 1. The number of carboxylic acid groups (broad SMARTS) is 1. The molecule has 9 heteroatoms. The van der Waals surface area contributed by atoms with Crippen LogP contribution in [0.2, 0.25) is 0 Å². The van der Waals surface area contributed by atoms with E-state index >= 15 is 0 Å². The minimum atomic E-state index is -0.250. The molecule has 2 aromatic carbocycles. The van der Waals surface area contributed by atoms with Crippen molar-refractivity contribution >= 4 is 28.8 Å². The first-order chi connectivity index (χ1) is 19.0. The molecular weight excluding hydrogens is 512 g/mol. The van der Waals surface area contributed by atoms with Crippen LogP contribution in [0.1, 0.15) is 30.4 Å². The predicted octanol–water partition coefficient (Wildman–Crippen LogP) is 4.68. The number of piperidine rings is 1. The number of carbonyl (C=O) groups is 2. The molecule has 0 saturated carbocycles. The average Bonchev–Trinajstić information content (AvgIpc) is 3.64. The molecule has 208 valence electrons. The standard InChI is InChI=1S/C29H36N4O2S.CH2O2/c1-21-3-5-22(6-4-21)18-32-14-11-23(19-32)17-30-28(34)25-12-15-33(16-13-25)29-31-27(20-36-29)24-7-9-26(35-2)10-8-24;2-1-3/h3-10,20,23,25H,11-19H2,1-2H3,(H,30,34);1H,(H,2,3). The Morgan fingerprint density at radius 1 is 1.10 bits per heavy atom. The van der Waals surface area contributed by atoms with Crippen LogP contribution in [0.4, 0.5) is 5.13 Å². The van der Waals surface area contributed by atoms with E-state index in [1.807, 2.05) is 24.3 Å². The lowest BCUT2D eigenvalue weighted by Gasteiger charge is -2.31. The quantitative estimate of drug-likeness (QED) is 0.393. The molecule has 5 rings (SSSR count). The number of thiazole rings is 1. The molecule has 0 aliphatic carbocycles. The monoisotopic (exact) mass is 550 g/mol. The summed E-state index contributed by atoms with van der Waals surface area (Å²) in [6.07, 6.45) is 2.92. The van der Waals surface area contributed by atoms with Crippen molar-refractivity contribution in [3.8, 4) is 17.0 Å². The highest BCUT2D eigenvalue weighted by Crippen LogP contribution is 2.31. The van der Waals surface area contributed by atoms with Gasteiger partial charge in [-0.2, -0.15) is 0 Å². The van der Waals surface area contributed by atoms with Gasteiger partial charge in [0.1, 0.15) is 5.75 Å². The van der Waals surface area contributed by atoms with E-state index in [9.17, 15) is 4.79 Å². The fourth-order valence-corrected chi connectivity index (χ4v) is 6.09. The van der Waals surface area contributed by atoms with Crippen LogP contribution < -0.4 is 15.0 Å². The highest BCUT2D eigenvalue weighted by molar-refractivity contribution is 7.14. The van der Waals surface area contributed by atoms with Gasteiger partial charge in [-0.25, -0.2) is 4.98 Å². The van der Waals surface area contributed by atoms with Crippen LogP contribution in [-0.2, 0) is 16.1 Å². The summed E-state index contributed by atoms with van der Waals surface area (Å²) in [5.41, 5.74) is 4.76. The van der Waals surface area contributed by atoms with E-state index in [1.165, 1.54) is 11.1 Å². The molecule has 0 bridgehead atoms. The number of hydrogen-bond acceptors (Lipinski definition) is 7. The number of aromatic nitrogens is 1. The molecule has 2 aliphatic rings. The first-order valence-corrected chi connectivity index (χ1v) is 14.4. The third-order valence-electron chi connectivity index (χ3n) is 7.48. The van der Waals surface area contributed by atoms with Gasteiger partial charge in [-0.15, -0.1) is 11.3 Å². The van der Waals surface area contributed by atoms with Crippen LogP contribution >= 0.6 is 11.3 Å². The van der Waals surface area contributed by atoms with E-state index in [2.05, 4.69) is 51.7 Å². The number of anilines is 1. The number of nitrogens with zero attached hydrogens (tertiary/aromatic N) is 3. The van der Waals surface area contributed by atoms with Crippen LogP contribution in [0.15, 0.2) is 53.9 Å². The van der Waals surface area contributed by atoms with Gasteiger partial charge in [0.05, 0.1) is 12.8 Å². The molecule has 1 unspecified atom stereocenters. The maximum absolute atomic E-state index is 12.9. The summed E-state index contributed by atoms with van der Waals surface area (Å²) >= 11 is 1.68. The molecule has 0 radical (unpaired) electrons. The van der Waals surface area contributed by atoms with E-state index in [0.29, 0.717) is 5.92 Å². The van der Waals surface area contributed by atoms with Crippen molar-refractivity contribution < 1.29 is 19.4 Å². The smallest absolute Gasteiger partial charge is 0.290 e. The van der Waals surface area contributed by atoms with Crippen molar-refractivity contribution in [3.63, 3.8) is 0 Å². The molecule has 2 fully saturated rings. The zero-order chi connectivity index (χ0) is 27.6. The molecule has 1 amide bonds. The second-order valence-electron chi connectivity index (χ2n) is 10.2. The molecule has 0 spiro atoms. The number of nitrogens with one attached hydrogen (secondary N) is 1. The average molecular weight is 551 g/mol. The number of rotatable bonds is 8. The van der Waals surface area contributed by atoms with Crippen molar-refractivity contribution in [1.29, 1.82) is 0 Å². The molecule has 39 heavy (non-hydrogen) atoms. The minimum absolute atomic E-state index is 0.104. The minimum Gasteiger partial charge on any atom is -0.497 e. The van der Waals surface area contributed by atoms with Crippen molar-refractivity contribution in [1.82, 2.24) is 15.2 Å². The number of ether oxygens (including phenoxy) is 1. The van der Waals surface area contributed by atoms with Gasteiger partial charge in [-0.05, 0) is 68.5 Å². The van der Waals surface area contributed by atoms with Gasteiger partial charge in [0, 0.05) is 49.6 Å². The van der Waals surface area contributed by atoms with Gasteiger partial charge in [-0.3, -0.25) is 14.5 Å². The summed E-state index contributed by atoms with van der Waals surface area (Å²) in [6.45, 7) is 7.59. The predicted molar refractivity (Wildman–Crippen MR) is 155 cm³/mol. The van der Waals surface area contributed by atoms with Gasteiger partial charge in [0.15, 0.2) is 5.13 Å².